The van der Waals surface area contributed by atoms with Crippen LogP contribution in [0.15, 0.2) is 0 Å². The molecule has 0 aromatic heterocycles. The van der Waals surface area contributed by atoms with Gasteiger partial charge in [-0.25, -0.2) is 0 Å². The molecular weight excluding hydrogens is 334 g/mol. The van der Waals surface area contributed by atoms with E-state index < -0.39 is 5.97 Å². The van der Waals surface area contributed by atoms with Gasteiger partial charge < -0.3 is 10.0 Å². The molecular formula is C24H49NO2. The average molecular weight is 384 g/mol. The van der Waals surface area contributed by atoms with E-state index in [2.05, 4.69) is 25.9 Å². The zero-order chi connectivity index (χ0) is 20.2. The van der Waals surface area contributed by atoms with Crippen molar-refractivity contribution in [3.63, 3.8) is 0 Å². The molecule has 1 N–H and O–H groups in total. The molecule has 1 unspecified atom stereocenters. The van der Waals surface area contributed by atoms with Crippen LogP contribution in [-0.4, -0.2) is 36.6 Å². The molecule has 0 aromatic rings. The predicted octanol–water partition coefficient (Wildman–Crippen LogP) is 7.29. The summed E-state index contributed by atoms with van der Waals surface area (Å²) in [5.41, 5.74) is 0. The molecule has 0 bridgehead atoms. The maximum absolute atomic E-state index is 10.5. The number of aliphatic carboxylic acids is 1. The number of nitrogens with zero attached hydrogens (tertiary/aromatic N) is 1. The molecule has 1 atom stereocenters. The number of carbonyl (C=O) groups is 1. The van der Waals surface area contributed by atoms with E-state index in [9.17, 15) is 4.79 Å². The normalized spacial score (nSPS) is 12.6. The minimum Gasteiger partial charge on any atom is -0.481 e. The van der Waals surface area contributed by atoms with E-state index >= 15 is 0 Å². The first kappa shape index (κ1) is 26.4. The Kier molecular flexibility index (Phi) is 19.7. The minimum atomic E-state index is -0.653. The van der Waals surface area contributed by atoms with E-state index in [1.807, 2.05) is 0 Å². The van der Waals surface area contributed by atoms with Gasteiger partial charge in [0.1, 0.15) is 0 Å². The van der Waals surface area contributed by atoms with Gasteiger partial charge in [-0.1, -0.05) is 103 Å². The third-order valence-electron chi connectivity index (χ3n) is 5.70. The Labute approximate surface area is 170 Å². The number of carboxylic acid groups (broad SMARTS) is 1. The van der Waals surface area contributed by atoms with Crippen molar-refractivity contribution in [2.75, 3.05) is 20.6 Å². The summed E-state index contributed by atoms with van der Waals surface area (Å²) < 4.78 is 0. The molecule has 3 nitrogen and oxygen atoms in total. The number of carboxylic acids is 1. The van der Waals surface area contributed by atoms with Crippen LogP contribution >= 0.6 is 0 Å². The zero-order valence-corrected chi connectivity index (χ0v) is 18.8. The fraction of sp³-hybridized carbons (Fsp3) is 0.958. The summed E-state index contributed by atoms with van der Waals surface area (Å²) in [4.78, 5) is 12.8. The van der Waals surface area contributed by atoms with Crippen molar-refractivity contribution in [1.82, 2.24) is 4.90 Å². The molecule has 0 heterocycles. The van der Waals surface area contributed by atoms with E-state index in [1.54, 1.807) is 0 Å². The van der Waals surface area contributed by atoms with Gasteiger partial charge in [-0.05, 0) is 39.4 Å². The second-order valence-electron chi connectivity index (χ2n) is 8.78. The van der Waals surface area contributed by atoms with Gasteiger partial charge in [-0.15, -0.1) is 0 Å². The highest BCUT2D eigenvalue weighted by molar-refractivity contribution is 5.66. The maximum atomic E-state index is 10.5. The monoisotopic (exact) mass is 383 g/mol. The summed E-state index contributed by atoms with van der Waals surface area (Å²) in [6, 6.07) is 0. The van der Waals surface area contributed by atoms with Gasteiger partial charge in [0, 0.05) is 6.42 Å². The molecule has 0 spiro atoms. The summed E-state index contributed by atoms with van der Waals surface area (Å²) >= 11 is 0. The fourth-order valence-electron chi connectivity index (χ4n) is 3.86. The van der Waals surface area contributed by atoms with Crippen molar-refractivity contribution >= 4 is 5.97 Å². The van der Waals surface area contributed by atoms with Crippen LogP contribution in [0.5, 0.6) is 0 Å². The van der Waals surface area contributed by atoms with Crippen LogP contribution in [0.25, 0.3) is 0 Å². The van der Waals surface area contributed by atoms with Gasteiger partial charge in [-0.3, -0.25) is 4.79 Å². The highest BCUT2D eigenvalue weighted by Gasteiger charge is 2.09. The standard InChI is InChI=1S/C24H49NO2/c1-4-5-6-7-9-12-15-18-23(21-22-25(2)3)19-16-13-10-8-11-14-17-20-24(26)27/h23H,4-22H2,1-3H3,(H,26,27). The second kappa shape index (κ2) is 20.2. The number of rotatable bonds is 21. The van der Waals surface area contributed by atoms with Crippen LogP contribution in [0, 0.1) is 5.92 Å². The number of hydrogen-bond acceptors (Lipinski definition) is 2. The van der Waals surface area contributed by atoms with E-state index in [1.165, 1.54) is 103 Å². The number of unbranched alkanes of at least 4 members (excludes halogenated alkanes) is 12. The molecule has 162 valence electrons. The van der Waals surface area contributed by atoms with E-state index in [0.29, 0.717) is 6.42 Å². The Morgan fingerprint density at radius 2 is 1.15 bits per heavy atom. The van der Waals surface area contributed by atoms with Crippen LogP contribution in [0.4, 0.5) is 0 Å². The first-order valence-electron chi connectivity index (χ1n) is 11.9. The molecule has 3 heteroatoms. The lowest BCUT2D eigenvalue weighted by Gasteiger charge is -2.19. The molecule has 27 heavy (non-hydrogen) atoms. The van der Waals surface area contributed by atoms with Gasteiger partial charge in [0.05, 0.1) is 0 Å². The average Bonchev–Trinajstić information content (AvgIpc) is 2.62. The Morgan fingerprint density at radius 3 is 1.59 bits per heavy atom. The molecule has 0 radical (unpaired) electrons. The lowest BCUT2D eigenvalue weighted by molar-refractivity contribution is -0.137. The van der Waals surface area contributed by atoms with E-state index in [-0.39, 0.29) is 0 Å². The van der Waals surface area contributed by atoms with Gasteiger partial charge in [0.15, 0.2) is 0 Å². The van der Waals surface area contributed by atoms with E-state index in [4.69, 9.17) is 5.11 Å². The second-order valence-corrected chi connectivity index (χ2v) is 8.78. The topological polar surface area (TPSA) is 40.5 Å². The van der Waals surface area contributed by atoms with Gasteiger partial charge in [0.2, 0.25) is 0 Å². The van der Waals surface area contributed by atoms with Crippen molar-refractivity contribution in [2.24, 2.45) is 5.92 Å². The van der Waals surface area contributed by atoms with Crippen LogP contribution < -0.4 is 0 Å². The van der Waals surface area contributed by atoms with Crippen LogP contribution in [-0.2, 0) is 4.79 Å². The smallest absolute Gasteiger partial charge is 0.303 e. The van der Waals surface area contributed by atoms with E-state index in [0.717, 1.165) is 18.8 Å². The Morgan fingerprint density at radius 1 is 0.704 bits per heavy atom. The third-order valence-corrected chi connectivity index (χ3v) is 5.70. The maximum Gasteiger partial charge on any atom is 0.303 e. The third kappa shape index (κ3) is 21.6. The first-order valence-corrected chi connectivity index (χ1v) is 11.9. The lowest BCUT2D eigenvalue weighted by Crippen LogP contribution is -2.17. The Bertz CT molecular complexity index is 318. The van der Waals surface area contributed by atoms with Crippen molar-refractivity contribution in [2.45, 2.75) is 122 Å². The Hall–Kier alpha value is -0.570. The first-order chi connectivity index (χ1) is 13.1. The fourth-order valence-corrected chi connectivity index (χ4v) is 3.86. The lowest BCUT2D eigenvalue weighted by atomic mass is 9.91. The van der Waals surface area contributed by atoms with Crippen molar-refractivity contribution in [1.29, 1.82) is 0 Å². The number of hydrogen-bond donors (Lipinski definition) is 1. The quantitative estimate of drug-likeness (QED) is 0.211. The van der Waals surface area contributed by atoms with Crippen LogP contribution in [0.1, 0.15) is 122 Å². The molecule has 0 saturated heterocycles. The van der Waals surface area contributed by atoms with Gasteiger partial charge in [-0.2, -0.15) is 0 Å². The molecule has 0 aromatic carbocycles. The van der Waals surface area contributed by atoms with Crippen molar-refractivity contribution in [3.8, 4) is 0 Å². The summed E-state index contributed by atoms with van der Waals surface area (Å²) in [7, 11) is 4.38. The predicted molar refractivity (Wildman–Crippen MR) is 118 cm³/mol. The molecule has 0 aliphatic carbocycles. The summed E-state index contributed by atoms with van der Waals surface area (Å²) in [6.07, 6.45) is 22.9. The SMILES string of the molecule is CCCCCCCCCC(CCCCCCCCCC(=O)O)CCN(C)C. The van der Waals surface area contributed by atoms with Gasteiger partial charge >= 0.3 is 5.97 Å². The Balaban J connectivity index is 3.68. The molecule has 0 rings (SSSR count). The largest absolute Gasteiger partial charge is 0.481 e. The molecule has 0 fully saturated rings. The van der Waals surface area contributed by atoms with Crippen molar-refractivity contribution < 1.29 is 9.90 Å². The summed E-state index contributed by atoms with van der Waals surface area (Å²) in [5, 5.41) is 8.64. The molecule has 0 aliphatic heterocycles. The van der Waals surface area contributed by atoms with Gasteiger partial charge in [0.25, 0.3) is 0 Å². The molecule has 0 amide bonds. The summed E-state index contributed by atoms with van der Waals surface area (Å²) in [5.74, 6) is 0.262. The minimum absolute atomic E-state index is 0.339. The highest BCUT2D eigenvalue weighted by atomic mass is 16.4. The highest BCUT2D eigenvalue weighted by Crippen LogP contribution is 2.22. The van der Waals surface area contributed by atoms with Crippen LogP contribution in [0.2, 0.25) is 0 Å². The van der Waals surface area contributed by atoms with Crippen molar-refractivity contribution in [3.05, 3.63) is 0 Å². The molecule has 0 saturated carbocycles. The molecule has 0 aliphatic rings. The zero-order valence-electron chi connectivity index (χ0n) is 18.8. The summed E-state index contributed by atoms with van der Waals surface area (Å²) in [6.45, 7) is 3.51. The van der Waals surface area contributed by atoms with Crippen LogP contribution in [0.3, 0.4) is 0 Å².